The van der Waals surface area contributed by atoms with Gasteiger partial charge in [-0.15, -0.1) is 0 Å². The molecule has 12 heavy (non-hydrogen) atoms. The van der Waals surface area contributed by atoms with E-state index in [1.54, 1.807) is 11.1 Å². The molecule has 0 amide bonds. The Morgan fingerprint density at radius 1 is 1.42 bits per heavy atom. The Kier molecular flexibility index (Phi) is 1.18. The average Bonchev–Trinajstić information content (AvgIpc) is 2.57. The van der Waals surface area contributed by atoms with E-state index in [2.05, 4.69) is 19.6 Å². The number of hydrogen-bond donors (Lipinski definition) is 0. The molecule has 0 N–H and O–H groups in total. The van der Waals surface area contributed by atoms with Crippen LogP contribution in [0.2, 0.25) is 0 Å². The topological polar surface area (TPSA) is 0 Å². The molecule has 0 aromatic heterocycles. The third-order valence-corrected chi connectivity index (χ3v) is 4.20. The molecule has 0 heteroatoms. The number of rotatable bonds is 0. The van der Waals surface area contributed by atoms with E-state index in [1.807, 2.05) is 0 Å². The first kappa shape index (κ1) is 6.94. The van der Waals surface area contributed by atoms with Crippen LogP contribution in [0.1, 0.15) is 26.2 Å². The molecule has 0 aromatic rings. The van der Waals surface area contributed by atoms with E-state index in [4.69, 9.17) is 0 Å². The molecule has 64 valence electrons. The van der Waals surface area contributed by atoms with Crippen LogP contribution >= 0.6 is 0 Å². The molecule has 2 saturated carbocycles. The van der Waals surface area contributed by atoms with Crippen LogP contribution in [0.15, 0.2) is 23.8 Å². The molecule has 4 atom stereocenters. The predicted octanol–water partition coefficient (Wildman–Crippen LogP) is 3.16. The molecule has 0 spiro atoms. The first-order valence-electron chi connectivity index (χ1n) is 5.10. The van der Waals surface area contributed by atoms with Gasteiger partial charge in [-0.25, -0.2) is 0 Å². The highest BCUT2D eigenvalue weighted by atomic mass is 14.5. The van der Waals surface area contributed by atoms with Gasteiger partial charge in [0, 0.05) is 0 Å². The second-order valence-corrected chi connectivity index (χ2v) is 4.92. The summed E-state index contributed by atoms with van der Waals surface area (Å²) >= 11 is 0. The molecule has 0 aromatic carbocycles. The van der Waals surface area contributed by atoms with E-state index in [9.17, 15) is 0 Å². The van der Waals surface area contributed by atoms with Gasteiger partial charge >= 0.3 is 0 Å². The summed E-state index contributed by atoms with van der Waals surface area (Å²) in [5.41, 5.74) is 3.19. The summed E-state index contributed by atoms with van der Waals surface area (Å²) in [5.74, 6) is 3.79. The lowest BCUT2D eigenvalue weighted by Crippen LogP contribution is -2.18. The van der Waals surface area contributed by atoms with Crippen molar-refractivity contribution in [1.82, 2.24) is 0 Å². The maximum atomic E-state index is 4.20. The third-order valence-electron chi connectivity index (χ3n) is 4.20. The van der Waals surface area contributed by atoms with Gasteiger partial charge < -0.3 is 0 Å². The maximum absolute atomic E-state index is 4.20. The summed E-state index contributed by atoms with van der Waals surface area (Å²) in [6.07, 6.45) is 6.69. The molecule has 0 radical (unpaired) electrons. The molecule has 2 fully saturated rings. The standard InChI is InChI=1S/C12H16/c1-7-3-11-9-5-8(2)10(6-9)12(11)4-7/h3,9-12H,2,4-6H2,1H3. The lowest BCUT2D eigenvalue weighted by molar-refractivity contribution is 0.337. The zero-order valence-corrected chi connectivity index (χ0v) is 7.72. The lowest BCUT2D eigenvalue weighted by Gasteiger charge is -2.25. The smallest absolute Gasteiger partial charge is 0.0162 e. The Morgan fingerprint density at radius 3 is 3.08 bits per heavy atom. The maximum Gasteiger partial charge on any atom is -0.0162 e. The fourth-order valence-electron chi connectivity index (χ4n) is 3.76. The monoisotopic (exact) mass is 160 g/mol. The number of hydrogen-bond acceptors (Lipinski definition) is 0. The minimum absolute atomic E-state index is 0.897. The van der Waals surface area contributed by atoms with Gasteiger partial charge in [0.05, 0.1) is 0 Å². The Morgan fingerprint density at radius 2 is 2.25 bits per heavy atom. The highest BCUT2D eigenvalue weighted by molar-refractivity contribution is 5.27. The van der Waals surface area contributed by atoms with Gasteiger partial charge in [0.15, 0.2) is 0 Å². The van der Waals surface area contributed by atoms with Crippen LogP contribution in [0.25, 0.3) is 0 Å². The summed E-state index contributed by atoms with van der Waals surface area (Å²) < 4.78 is 0. The Labute approximate surface area is 74.4 Å². The van der Waals surface area contributed by atoms with Crippen LogP contribution in [-0.2, 0) is 0 Å². The largest absolute Gasteiger partial charge is 0.0996 e. The van der Waals surface area contributed by atoms with Gasteiger partial charge in [-0.2, -0.15) is 0 Å². The van der Waals surface area contributed by atoms with Gasteiger partial charge in [0.25, 0.3) is 0 Å². The second-order valence-electron chi connectivity index (χ2n) is 4.92. The Bertz CT molecular complexity index is 272. The average molecular weight is 160 g/mol. The van der Waals surface area contributed by atoms with E-state index in [0.29, 0.717) is 0 Å². The van der Waals surface area contributed by atoms with Crippen LogP contribution in [0.3, 0.4) is 0 Å². The highest BCUT2D eigenvalue weighted by Crippen LogP contribution is 2.59. The van der Waals surface area contributed by atoms with Crippen molar-refractivity contribution in [1.29, 1.82) is 0 Å². The van der Waals surface area contributed by atoms with Crippen LogP contribution < -0.4 is 0 Å². The van der Waals surface area contributed by atoms with Gasteiger partial charge in [-0.1, -0.05) is 23.8 Å². The highest BCUT2D eigenvalue weighted by Gasteiger charge is 2.50. The van der Waals surface area contributed by atoms with Crippen LogP contribution in [0, 0.1) is 23.7 Å². The Hall–Kier alpha value is -0.520. The van der Waals surface area contributed by atoms with Crippen molar-refractivity contribution in [3.05, 3.63) is 23.8 Å². The quantitative estimate of drug-likeness (QED) is 0.477. The lowest BCUT2D eigenvalue weighted by atomic mass is 9.79. The minimum atomic E-state index is 0.897. The van der Waals surface area contributed by atoms with Crippen molar-refractivity contribution in [2.45, 2.75) is 26.2 Å². The van der Waals surface area contributed by atoms with Gasteiger partial charge in [0.1, 0.15) is 0 Å². The molecule has 4 unspecified atom stereocenters. The van der Waals surface area contributed by atoms with Crippen molar-refractivity contribution in [3.63, 3.8) is 0 Å². The summed E-state index contributed by atoms with van der Waals surface area (Å²) in [7, 11) is 0. The SMILES string of the molecule is C=C1CC2CC1C1CC(C)=CC21. The van der Waals surface area contributed by atoms with Gasteiger partial charge in [-0.3, -0.25) is 0 Å². The van der Waals surface area contributed by atoms with Crippen molar-refractivity contribution < 1.29 is 0 Å². The van der Waals surface area contributed by atoms with Crippen LogP contribution in [0.5, 0.6) is 0 Å². The molecule has 0 saturated heterocycles. The van der Waals surface area contributed by atoms with E-state index in [0.717, 1.165) is 23.7 Å². The summed E-state index contributed by atoms with van der Waals surface area (Å²) in [4.78, 5) is 0. The summed E-state index contributed by atoms with van der Waals surface area (Å²) in [6, 6.07) is 0. The summed E-state index contributed by atoms with van der Waals surface area (Å²) in [5, 5.41) is 0. The van der Waals surface area contributed by atoms with E-state index >= 15 is 0 Å². The molecular weight excluding hydrogens is 144 g/mol. The number of fused-ring (bicyclic) bond motifs is 5. The first-order valence-corrected chi connectivity index (χ1v) is 5.10. The molecule has 0 nitrogen and oxygen atoms in total. The molecule has 3 rings (SSSR count). The van der Waals surface area contributed by atoms with E-state index in [1.165, 1.54) is 19.3 Å². The summed E-state index contributed by atoms with van der Waals surface area (Å²) in [6.45, 7) is 6.49. The van der Waals surface area contributed by atoms with Crippen molar-refractivity contribution in [2.24, 2.45) is 23.7 Å². The zero-order chi connectivity index (χ0) is 8.29. The van der Waals surface area contributed by atoms with Crippen molar-refractivity contribution >= 4 is 0 Å². The Balaban J connectivity index is 1.96. The fourth-order valence-corrected chi connectivity index (χ4v) is 3.76. The second kappa shape index (κ2) is 2.04. The van der Waals surface area contributed by atoms with Gasteiger partial charge in [0.2, 0.25) is 0 Å². The first-order chi connectivity index (χ1) is 5.75. The molecule has 2 bridgehead atoms. The zero-order valence-electron chi connectivity index (χ0n) is 7.72. The molecule has 3 aliphatic carbocycles. The molecule has 3 aliphatic rings. The predicted molar refractivity (Wildman–Crippen MR) is 50.7 cm³/mol. The fraction of sp³-hybridized carbons (Fsp3) is 0.667. The van der Waals surface area contributed by atoms with E-state index < -0.39 is 0 Å². The molecule has 0 aliphatic heterocycles. The van der Waals surface area contributed by atoms with Gasteiger partial charge in [-0.05, 0) is 49.9 Å². The van der Waals surface area contributed by atoms with Crippen LogP contribution in [-0.4, -0.2) is 0 Å². The van der Waals surface area contributed by atoms with Crippen molar-refractivity contribution in [2.75, 3.05) is 0 Å². The van der Waals surface area contributed by atoms with Crippen molar-refractivity contribution in [3.8, 4) is 0 Å². The molecule has 0 heterocycles. The third kappa shape index (κ3) is 0.688. The van der Waals surface area contributed by atoms with E-state index in [-0.39, 0.29) is 0 Å². The molecular formula is C12H16. The normalized spacial score (nSPS) is 49.8. The minimum Gasteiger partial charge on any atom is -0.0996 e. The number of allylic oxidation sites excluding steroid dienone is 3. The van der Waals surface area contributed by atoms with Crippen LogP contribution in [0.4, 0.5) is 0 Å².